The van der Waals surface area contributed by atoms with Crippen molar-refractivity contribution >= 4 is 17.5 Å². The number of hydrogen-bond donors (Lipinski definition) is 1. The van der Waals surface area contributed by atoms with E-state index in [1.54, 1.807) is 6.92 Å². The van der Waals surface area contributed by atoms with E-state index >= 15 is 0 Å². The van der Waals surface area contributed by atoms with Crippen molar-refractivity contribution in [3.8, 4) is 5.75 Å². The standard InChI is InChI=1S/C16H20ClFN2O2/c1-11(22-14-4-3-12(18)9-13(14)17)15(21)19-16(5-6-16)10-20-7-2-8-20/h3-4,9,11H,2,5-8,10H2,1H3,(H,19,21). The summed E-state index contributed by atoms with van der Waals surface area (Å²) < 4.78 is 18.6. The van der Waals surface area contributed by atoms with E-state index in [0.717, 1.165) is 32.5 Å². The minimum absolute atomic E-state index is 0.0816. The molecule has 2 fully saturated rings. The maximum atomic E-state index is 13.0. The molecule has 1 unspecified atom stereocenters. The highest BCUT2D eigenvalue weighted by Crippen LogP contribution is 2.37. The molecule has 0 radical (unpaired) electrons. The van der Waals surface area contributed by atoms with Crippen molar-refractivity contribution in [1.82, 2.24) is 10.2 Å². The fraction of sp³-hybridized carbons (Fsp3) is 0.562. The van der Waals surface area contributed by atoms with Gasteiger partial charge < -0.3 is 15.0 Å². The number of likely N-dealkylation sites (tertiary alicyclic amines) is 1. The number of carbonyl (C=O) groups excluding carboxylic acids is 1. The second-order valence-corrected chi connectivity index (χ2v) is 6.64. The summed E-state index contributed by atoms with van der Waals surface area (Å²) in [7, 11) is 0. The van der Waals surface area contributed by atoms with Crippen LogP contribution < -0.4 is 10.1 Å². The molecule has 22 heavy (non-hydrogen) atoms. The number of nitrogens with one attached hydrogen (secondary N) is 1. The van der Waals surface area contributed by atoms with Crippen LogP contribution in [0.25, 0.3) is 0 Å². The SMILES string of the molecule is CC(Oc1ccc(F)cc1Cl)C(=O)NC1(CN2CCC2)CC1. The highest BCUT2D eigenvalue weighted by Gasteiger charge is 2.46. The van der Waals surface area contributed by atoms with Gasteiger partial charge in [0.2, 0.25) is 0 Å². The Kier molecular flexibility index (Phi) is 4.28. The molecule has 0 aromatic heterocycles. The van der Waals surface area contributed by atoms with Crippen LogP contribution in [0.5, 0.6) is 5.75 Å². The topological polar surface area (TPSA) is 41.6 Å². The molecule has 1 aromatic rings. The van der Waals surface area contributed by atoms with E-state index in [-0.39, 0.29) is 16.5 Å². The molecule has 1 amide bonds. The van der Waals surface area contributed by atoms with Crippen molar-refractivity contribution in [3.63, 3.8) is 0 Å². The van der Waals surface area contributed by atoms with Gasteiger partial charge in [0.15, 0.2) is 6.10 Å². The van der Waals surface area contributed by atoms with Gasteiger partial charge in [0.05, 0.1) is 10.6 Å². The van der Waals surface area contributed by atoms with Crippen molar-refractivity contribution < 1.29 is 13.9 Å². The lowest BCUT2D eigenvalue weighted by Crippen LogP contribution is -2.52. The first-order chi connectivity index (χ1) is 10.5. The quantitative estimate of drug-likeness (QED) is 0.873. The molecule has 3 rings (SSSR count). The molecule has 1 saturated heterocycles. The van der Waals surface area contributed by atoms with Crippen LogP contribution in [0.4, 0.5) is 4.39 Å². The van der Waals surface area contributed by atoms with Gasteiger partial charge >= 0.3 is 0 Å². The Labute approximate surface area is 134 Å². The van der Waals surface area contributed by atoms with Crippen LogP contribution in [0.1, 0.15) is 26.2 Å². The van der Waals surface area contributed by atoms with Gasteiger partial charge in [0, 0.05) is 6.54 Å². The van der Waals surface area contributed by atoms with E-state index in [1.165, 1.54) is 24.6 Å². The van der Waals surface area contributed by atoms with E-state index in [4.69, 9.17) is 16.3 Å². The molecule has 1 atom stereocenters. The van der Waals surface area contributed by atoms with Gasteiger partial charge in [-0.25, -0.2) is 4.39 Å². The molecule has 0 bridgehead atoms. The summed E-state index contributed by atoms with van der Waals surface area (Å²) >= 11 is 5.92. The highest BCUT2D eigenvalue weighted by molar-refractivity contribution is 6.32. The van der Waals surface area contributed by atoms with Gasteiger partial charge in [-0.3, -0.25) is 4.79 Å². The molecular weight excluding hydrogens is 307 g/mol. The predicted molar refractivity (Wildman–Crippen MR) is 82.7 cm³/mol. The smallest absolute Gasteiger partial charge is 0.261 e. The van der Waals surface area contributed by atoms with Gasteiger partial charge in [-0.1, -0.05) is 11.6 Å². The van der Waals surface area contributed by atoms with Crippen molar-refractivity contribution in [3.05, 3.63) is 29.0 Å². The van der Waals surface area contributed by atoms with E-state index in [9.17, 15) is 9.18 Å². The second-order valence-electron chi connectivity index (χ2n) is 6.23. The van der Waals surface area contributed by atoms with Crippen LogP contribution in [-0.2, 0) is 4.79 Å². The molecule has 2 aliphatic rings. The Bertz CT molecular complexity index is 573. The molecule has 1 aliphatic heterocycles. The first kappa shape index (κ1) is 15.6. The summed E-state index contributed by atoms with van der Waals surface area (Å²) in [5, 5.41) is 3.26. The molecule has 4 nitrogen and oxygen atoms in total. The summed E-state index contributed by atoms with van der Waals surface area (Å²) in [6.45, 7) is 4.83. The van der Waals surface area contributed by atoms with Gasteiger partial charge in [0.1, 0.15) is 11.6 Å². The lowest BCUT2D eigenvalue weighted by atomic mass is 10.1. The molecule has 120 valence electrons. The zero-order chi connectivity index (χ0) is 15.7. The van der Waals surface area contributed by atoms with E-state index in [0.29, 0.717) is 5.75 Å². The van der Waals surface area contributed by atoms with Gasteiger partial charge in [0.25, 0.3) is 5.91 Å². The van der Waals surface area contributed by atoms with Crippen LogP contribution >= 0.6 is 11.6 Å². The fourth-order valence-electron chi connectivity index (χ4n) is 2.62. The normalized spacial score (nSPS) is 20.9. The average molecular weight is 327 g/mol. The highest BCUT2D eigenvalue weighted by atomic mass is 35.5. The third-order valence-corrected chi connectivity index (χ3v) is 4.58. The number of ether oxygens (including phenoxy) is 1. The zero-order valence-electron chi connectivity index (χ0n) is 12.6. The summed E-state index contributed by atoms with van der Waals surface area (Å²) in [5.74, 6) is -0.266. The summed E-state index contributed by atoms with van der Waals surface area (Å²) in [6, 6.07) is 3.88. The molecule has 1 N–H and O–H groups in total. The minimum atomic E-state index is -0.670. The third-order valence-electron chi connectivity index (χ3n) is 4.28. The van der Waals surface area contributed by atoms with Crippen molar-refractivity contribution in [2.45, 2.75) is 37.8 Å². The first-order valence-corrected chi connectivity index (χ1v) is 8.01. The summed E-state index contributed by atoms with van der Waals surface area (Å²) in [5.41, 5.74) is -0.0816. The number of nitrogens with zero attached hydrogens (tertiary/aromatic N) is 1. The lowest BCUT2D eigenvalue weighted by Gasteiger charge is -2.35. The third kappa shape index (κ3) is 3.52. The molecule has 1 saturated carbocycles. The monoisotopic (exact) mass is 326 g/mol. The molecular formula is C16H20ClFN2O2. The Morgan fingerprint density at radius 3 is 2.77 bits per heavy atom. The number of rotatable bonds is 6. The van der Waals surface area contributed by atoms with E-state index in [1.807, 2.05) is 0 Å². The van der Waals surface area contributed by atoms with Crippen LogP contribution in [0.2, 0.25) is 5.02 Å². The molecule has 1 aliphatic carbocycles. The van der Waals surface area contributed by atoms with E-state index in [2.05, 4.69) is 10.2 Å². The number of benzene rings is 1. The predicted octanol–water partition coefficient (Wildman–Crippen LogP) is 2.60. The van der Waals surface area contributed by atoms with Crippen molar-refractivity contribution in [2.24, 2.45) is 0 Å². The maximum Gasteiger partial charge on any atom is 0.261 e. The fourth-order valence-corrected chi connectivity index (χ4v) is 2.83. The van der Waals surface area contributed by atoms with Gasteiger partial charge in [-0.05, 0) is 57.5 Å². The summed E-state index contributed by atoms with van der Waals surface area (Å²) in [6.07, 6.45) is 2.60. The first-order valence-electron chi connectivity index (χ1n) is 7.64. The van der Waals surface area contributed by atoms with E-state index < -0.39 is 11.9 Å². The Morgan fingerprint density at radius 1 is 1.50 bits per heavy atom. The molecule has 1 heterocycles. The van der Waals surface area contributed by atoms with Gasteiger partial charge in [-0.2, -0.15) is 0 Å². The number of carbonyl (C=O) groups is 1. The van der Waals surface area contributed by atoms with Crippen LogP contribution in [0.15, 0.2) is 18.2 Å². The number of hydrogen-bond acceptors (Lipinski definition) is 3. The Hall–Kier alpha value is -1.33. The largest absolute Gasteiger partial charge is 0.479 e. The Morgan fingerprint density at radius 2 is 2.23 bits per heavy atom. The van der Waals surface area contributed by atoms with Crippen LogP contribution in [-0.4, -0.2) is 42.1 Å². The second kappa shape index (κ2) is 6.05. The Balaban J connectivity index is 1.55. The van der Waals surface area contributed by atoms with Crippen molar-refractivity contribution in [1.29, 1.82) is 0 Å². The zero-order valence-corrected chi connectivity index (χ0v) is 13.3. The number of halogens is 2. The van der Waals surface area contributed by atoms with Crippen molar-refractivity contribution in [2.75, 3.05) is 19.6 Å². The molecule has 1 aromatic carbocycles. The van der Waals surface area contributed by atoms with Crippen LogP contribution in [0, 0.1) is 5.82 Å². The maximum absolute atomic E-state index is 13.0. The average Bonchev–Trinajstić information content (AvgIpc) is 3.17. The van der Waals surface area contributed by atoms with Gasteiger partial charge in [-0.15, -0.1) is 0 Å². The number of amides is 1. The summed E-state index contributed by atoms with van der Waals surface area (Å²) in [4.78, 5) is 14.7. The minimum Gasteiger partial charge on any atom is -0.479 e. The molecule has 0 spiro atoms. The van der Waals surface area contributed by atoms with Crippen LogP contribution in [0.3, 0.4) is 0 Å². The lowest BCUT2D eigenvalue weighted by molar-refractivity contribution is -0.128. The molecule has 6 heteroatoms.